The van der Waals surface area contributed by atoms with E-state index < -0.39 is 0 Å². The Morgan fingerprint density at radius 3 is 2.44 bits per heavy atom. The van der Waals surface area contributed by atoms with Crippen LogP contribution in [0.1, 0.15) is 16.7 Å². The highest BCUT2D eigenvalue weighted by Gasteiger charge is 2.01. The molecule has 1 heteroatoms. The second-order valence-electron chi connectivity index (χ2n) is 4.12. The molecule has 0 aliphatic carbocycles. The monoisotopic (exact) mass is 212 g/mol. The molecule has 0 aliphatic rings. The van der Waals surface area contributed by atoms with Gasteiger partial charge in [0.15, 0.2) is 0 Å². The molecule has 2 rings (SSSR count). The lowest BCUT2D eigenvalue weighted by molar-refractivity contribution is 0.467. The molecule has 0 saturated heterocycles. The van der Waals surface area contributed by atoms with E-state index in [1.165, 1.54) is 11.1 Å². The van der Waals surface area contributed by atoms with Gasteiger partial charge >= 0.3 is 0 Å². The van der Waals surface area contributed by atoms with Gasteiger partial charge in [-0.05, 0) is 37.0 Å². The molecule has 0 aliphatic heterocycles. The van der Waals surface area contributed by atoms with Crippen molar-refractivity contribution in [3.63, 3.8) is 0 Å². The predicted molar refractivity (Wildman–Crippen MR) is 66.7 cm³/mol. The summed E-state index contributed by atoms with van der Waals surface area (Å²) in [6.07, 6.45) is 1.86. The van der Waals surface area contributed by atoms with Crippen LogP contribution in [0.2, 0.25) is 0 Å². The molecule has 16 heavy (non-hydrogen) atoms. The zero-order chi connectivity index (χ0) is 11.4. The molecule has 0 radical (unpaired) electrons. The molecule has 82 valence electrons. The molecule has 0 fully saturated rings. The van der Waals surface area contributed by atoms with E-state index in [-0.39, 0.29) is 0 Å². The molecule has 0 amide bonds. The van der Waals surface area contributed by atoms with Crippen LogP contribution in [0.5, 0.6) is 5.75 Å². The van der Waals surface area contributed by atoms with Crippen molar-refractivity contribution in [1.82, 2.24) is 0 Å². The van der Waals surface area contributed by atoms with Gasteiger partial charge in [0, 0.05) is 0 Å². The zero-order valence-corrected chi connectivity index (χ0v) is 9.48. The molecule has 0 heterocycles. The third-order valence-electron chi connectivity index (χ3n) is 2.76. The van der Waals surface area contributed by atoms with Gasteiger partial charge in [-0.3, -0.25) is 0 Å². The maximum atomic E-state index is 9.71. The van der Waals surface area contributed by atoms with Crippen LogP contribution in [0, 0.1) is 6.92 Å². The lowest BCUT2D eigenvalue weighted by atomic mass is 10.0. The number of phenolic OH excluding ortho intramolecular Hbond substituents is 1. The molecule has 0 aromatic heterocycles. The van der Waals surface area contributed by atoms with Crippen molar-refractivity contribution in [3.8, 4) is 5.75 Å². The van der Waals surface area contributed by atoms with E-state index >= 15 is 0 Å². The molecular weight excluding hydrogens is 196 g/mol. The van der Waals surface area contributed by atoms with Crippen molar-refractivity contribution in [2.75, 3.05) is 0 Å². The Labute approximate surface area is 96.4 Å². The third-order valence-corrected chi connectivity index (χ3v) is 2.76. The quantitative estimate of drug-likeness (QED) is 0.825. The highest BCUT2D eigenvalue weighted by molar-refractivity contribution is 5.36. The average molecular weight is 212 g/mol. The summed E-state index contributed by atoms with van der Waals surface area (Å²) in [5.41, 5.74) is 3.54. The van der Waals surface area contributed by atoms with Crippen LogP contribution in [0.25, 0.3) is 0 Å². The summed E-state index contributed by atoms with van der Waals surface area (Å²) < 4.78 is 0. The maximum absolute atomic E-state index is 9.71. The Hall–Kier alpha value is -1.76. The number of hydrogen-bond donors (Lipinski definition) is 1. The first-order valence-electron chi connectivity index (χ1n) is 5.58. The molecule has 2 aromatic carbocycles. The van der Waals surface area contributed by atoms with Crippen LogP contribution in [0.4, 0.5) is 0 Å². The number of hydrogen-bond acceptors (Lipinski definition) is 1. The van der Waals surface area contributed by atoms with E-state index in [0.717, 1.165) is 18.4 Å². The van der Waals surface area contributed by atoms with E-state index in [1.807, 2.05) is 31.2 Å². The molecule has 0 spiro atoms. The van der Waals surface area contributed by atoms with Gasteiger partial charge in [0.1, 0.15) is 5.75 Å². The van der Waals surface area contributed by atoms with Crippen molar-refractivity contribution in [2.24, 2.45) is 0 Å². The normalized spacial score (nSPS) is 10.3. The van der Waals surface area contributed by atoms with Gasteiger partial charge in [-0.25, -0.2) is 0 Å². The van der Waals surface area contributed by atoms with Crippen molar-refractivity contribution >= 4 is 0 Å². The Kier molecular flexibility index (Phi) is 3.25. The predicted octanol–water partition coefficient (Wildman–Crippen LogP) is 3.49. The summed E-state index contributed by atoms with van der Waals surface area (Å²) in [6, 6.07) is 16.1. The first-order chi connectivity index (χ1) is 7.75. The van der Waals surface area contributed by atoms with Gasteiger partial charge in [0.25, 0.3) is 0 Å². The summed E-state index contributed by atoms with van der Waals surface area (Å²) in [5.74, 6) is 0.404. The van der Waals surface area contributed by atoms with Crippen molar-refractivity contribution < 1.29 is 5.11 Å². The Morgan fingerprint density at radius 1 is 0.938 bits per heavy atom. The second-order valence-corrected chi connectivity index (χ2v) is 4.12. The Morgan fingerprint density at radius 2 is 1.69 bits per heavy atom. The fourth-order valence-corrected chi connectivity index (χ4v) is 1.84. The summed E-state index contributed by atoms with van der Waals surface area (Å²) >= 11 is 0. The smallest absolute Gasteiger partial charge is 0.118 e. The minimum absolute atomic E-state index is 0.404. The van der Waals surface area contributed by atoms with Crippen LogP contribution in [0.15, 0.2) is 48.5 Å². The standard InChI is InChI=1S/C15H16O/c1-12-7-10-15(16)14(11-12)9-8-13-5-3-2-4-6-13/h2-7,10-11,16H,8-9H2,1H3. The third kappa shape index (κ3) is 2.63. The van der Waals surface area contributed by atoms with Crippen LogP contribution >= 0.6 is 0 Å². The van der Waals surface area contributed by atoms with Crippen LogP contribution in [-0.4, -0.2) is 5.11 Å². The van der Waals surface area contributed by atoms with Crippen LogP contribution in [0.3, 0.4) is 0 Å². The van der Waals surface area contributed by atoms with Crippen LogP contribution in [-0.2, 0) is 12.8 Å². The zero-order valence-electron chi connectivity index (χ0n) is 9.48. The second kappa shape index (κ2) is 4.84. The molecule has 0 atom stereocenters. The van der Waals surface area contributed by atoms with Gasteiger partial charge in [0.2, 0.25) is 0 Å². The minimum atomic E-state index is 0.404. The first-order valence-corrected chi connectivity index (χ1v) is 5.58. The van der Waals surface area contributed by atoms with E-state index in [9.17, 15) is 5.11 Å². The minimum Gasteiger partial charge on any atom is -0.508 e. The van der Waals surface area contributed by atoms with E-state index in [2.05, 4.69) is 18.2 Å². The SMILES string of the molecule is Cc1ccc(O)c(CCc2ccccc2)c1. The average Bonchev–Trinajstić information content (AvgIpc) is 2.32. The van der Waals surface area contributed by atoms with E-state index in [0.29, 0.717) is 5.75 Å². The first kappa shape index (κ1) is 10.7. The van der Waals surface area contributed by atoms with E-state index in [4.69, 9.17) is 0 Å². The van der Waals surface area contributed by atoms with Gasteiger partial charge in [-0.2, -0.15) is 0 Å². The summed E-state index contributed by atoms with van der Waals surface area (Å²) in [4.78, 5) is 0. The van der Waals surface area contributed by atoms with Gasteiger partial charge in [-0.15, -0.1) is 0 Å². The number of rotatable bonds is 3. The molecule has 1 N–H and O–H groups in total. The lowest BCUT2D eigenvalue weighted by Gasteiger charge is -2.05. The highest BCUT2D eigenvalue weighted by Crippen LogP contribution is 2.20. The van der Waals surface area contributed by atoms with Crippen molar-refractivity contribution in [2.45, 2.75) is 19.8 Å². The molecule has 0 bridgehead atoms. The lowest BCUT2D eigenvalue weighted by Crippen LogP contribution is -1.92. The number of benzene rings is 2. The van der Waals surface area contributed by atoms with Crippen molar-refractivity contribution in [3.05, 3.63) is 65.2 Å². The molecule has 0 unspecified atom stereocenters. The largest absolute Gasteiger partial charge is 0.508 e. The molecule has 1 nitrogen and oxygen atoms in total. The highest BCUT2D eigenvalue weighted by atomic mass is 16.3. The van der Waals surface area contributed by atoms with Gasteiger partial charge in [-0.1, -0.05) is 48.0 Å². The molecule has 0 saturated carbocycles. The molecular formula is C15H16O. The van der Waals surface area contributed by atoms with Gasteiger partial charge < -0.3 is 5.11 Å². The number of aromatic hydroxyl groups is 1. The molecule has 2 aromatic rings. The summed E-state index contributed by atoms with van der Waals surface area (Å²) in [7, 11) is 0. The van der Waals surface area contributed by atoms with Gasteiger partial charge in [0.05, 0.1) is 0 Å². The summed E-state index contributed by atoms with van der Waals surface area (Å²) in [6.45, 7) is 2.05. The number of aryl methyl sites for hydroxylation is 3. The van der Waals surface area contributed by atoms with Crippen LogP contribution < -0.4 is 0 Å². The maximum Gasteiger partial charge on any atom is 0.118 e. The number of phenols is 1. The Bertz CT molecular complexity index is 460. The fraction of sp³-hybridized carbons (Fsp3) is 0.200. The van der Waals surface area contributed by atoms with E-state index in [1.54, 1.807) is 6.07 Å². The summed E-state index contributed by atoms with van der Waals surface area (Å²) in [5, 5.41) is 9.71. The fourth-order valence-electron chi connectivity index (χ4n) is 1.84. The van der Waals surface area contributed by atoms with Crippen molar-refractivity contribution in [1.29, 1.82) is 0 Å². The topological polar surface area (TPSA) is 20.2 Å². The Balaban J connectivity index is 2.08.